The van der Waals surface area contributed by atoms with Crippen LogP contribution in [0.2, 0.25) is 0 Å². The third-order valence-electron chi connectivity index (χ3n) is 2.75. The number of aromatic amines is 1. The first kappa shape index (κ1) is 13.6. The highest BCUT2D eigenvalue weighted by atomic mass is 15.5. The van der Waals surface area contributed by atoms with Crippen molar-refractivity contribution in [3.8, 4) is 17.1 Å². The van der Waals surface area contributed by atoms with Crippen molar-refractivity contribution in [3.63, 3.8) is 0 Å². The molecule has 8 heteroatoms. The van der Waals surface area contributed by atoms with Gasteiger partial charge in [0.1, 0.15) is 6.33 Å². The average Bonchev–Trinajstić information content (AvgIpc) is 3.31. The molecule has 4 aromatic rings. The fraction of sp³-hybridized carbons (Fsp3) is 0. The number of nitrogens with zero attached hydrogens (tertiary/aromatic N) is 7. The van der Waals surface area contributed by atoms with Crippen LogP contribution in [0.4, 0.5) is 0 Å². The smallest absolute Gasteiger partial charge is 0.201 e. The van der Waals surface area contributed by atoms with Crippen LogP contribution in [0.5, 0.6) is 0 Å². The molecule has 108 valence electrons. The van der Waals surface area contributed by atoms with E-state index in [9.17, 15) is 0 Å². The average molecular weight is 292 g/mol. The Morgan fingerprint density at radius 1 is 0.864 bits per heavy atom. The summed E-state index contributed by atoms with van der Waals surface area (Å²) in [6, 6.07) is 19.4. The van der Waals surface area contributed by atoms with Crippen LogP contribution in [-0.4, -0.2) is 40.8 Å². The predicted octanol–water partition coefficient (Wildman–Crippen LogP) is 1.53. The summed E-state index contributed by atoms with van der Waals surface area (Å²) in [4.78, 5) is 0. The topological polar surface area (TPSA) is 98.1 Å². The molecule has 0 amide bonds. The molecule has 22 heavy (non-hydrogen) atoms. The van der Waals surface area contributed by atoms with E-state index in [1.54, 1.807) is 11.0 Å². The molecule has 4 rings (SSSR count). The predicted molar refractivity (Wildman–Crippen MR) is 78.8 cm³/mol. The third kappa shape index (κ3) is 3.37. The van der Waals surface area contributed by atoms with Crippen LogP contribution in [0.3, 0.4) is 0 Å². The zero-order chi connectivity index (χ0) is 15.0. The second kappa shape index (κ2) is 6.84. The minimum absolute atomic E-state index is 0.630. The van der Waals surface area contributed by atoms with Crippen molar-refractivity contribution in [1.29, 1.82) is 0 Å². The summed E-state index contributed by atoms with van der Waals surface area (Å²) in [5.74, 6) is 0.630. The Kier molecular flexibility index (Phi) is 4.22. The second-order valence-electron chi connectivity index (χ2n) is 4.19. The molecular weight excluding hydrogens is 280 g/mol. The SMILES string of the molecule is c1ccc(-c2nn[nH]n2)cc1.c1ccc(-n2cnnn2)cc1. The number of benzene rings is 2. The minimum Gasteiger partial charge on any atom is -0.201 e. The fourth-order valence-electron chi connectivity index (χ4n) is 1.73. The third-order valence-corrected chi connectivity index (χ3v) is 2.75. The van der Waals surface area contributed by atoms with Gasteiger partial charge in [-0.3, -0.25) is 0 Å². The molecule has 0 fully saturated rings. The van der Waals surface area contributed by atoms with E-state index in [0.29, 0.717) is 5.82 Å². The molecule has 0 bridgehead atoms. The lowest BCUT2D eigenvalue weighted by Gasteiger charge is -1.94. The van der Waals surface area contributed by atoms with Crippen LogP contribution >= 0.6 is 0 Å². The molecule has 2 aromatic heterocycles. The van der Waals surface area contributed by atoms with Crippen LogP contribution in [0.15, 0.2) is 67.0 Å². The maximum absolute atomic E-state index is 3.84. The number of hydrogen-bond donors (Lipinski definition) is 1. The van der Waals surface area contributed by atoms with Gasteiger partial charge in [0.2, 0.25) is 5.82 Å². The number of nitrogens with one attached hydrogen (secondary N) is 1. The normalized spacial score (nSPS) is 9.82. The van der Waals surface area contributed by atoms with Crippen LogP contribution in [-0.2, 0) is 0 Å². The van der Waals surface area contributed by atoms with Gasteiger partial charge in [-0.25, -0.2) is 4.68 Å². The molecule has 0 aliphatic carbocycles. The summed E-state index contributed by atoms with van der Waals surface area (Å²) in [5.41, 5.74) is 1.94. The molecule has 0 saturated carbocycles. The summed E-state index contributed by atoms with van der Waals surface area (Å²) in [6.07, 6.45) is 1.56. The second-order valence-corrected chi connectivity index (χ2v) is 4.19. The summed E-state index contributed by atoms with van der Waals surface area (Å²) >= 11 is 0. The van der Waals surface area contributed by atoms with Gasteiger partial charge in [-0.05, 0) is 27.8 Å². The first-order valence-corrected chi connectivity index (χ1v) is 6.51. The Morgan fingerprint density at radius 3 is 2.18 bits per heavy atom. The van der Waals surface area contributed by atoms with E-state index in [4.69, 9.17) is 0 Å². The van der Waals surface area contributed by atoms with Gasteiger partial charge in [-0.2, -0.15) is 5.21 Å². The highest BCUT2D eigenvalue weighted by molar-refractivity contribution is 5.52. The van der Waals surface area contributed by atoms with E-state index in [0.717, 1.165) is 11.3 Å². The highest BCUT2D eigenvalue weighted by Crippen LogP contribution is 2.10. The number of rotatable bonds is 2. The molecule has 0 aliphatic rings. The quantitative estimate of drug-likeness (QED) is 0.601. The molecule has 2 aromatic carbocycles. The van der Waals surface area contributed by atoms with Crippen molar-refractivity contribution in [2.45, 2.75) is 0 Å². The van der Waals surface area contributed by atoms with Crippen LogP contribution < -0.4 is 0 Å². The van der Waals surface area contributed by atoms with Crippen LogP contribution in [0.25, 0.3) is 17.1 Å². The van der Waals surface area contributed by atoms with Crippen molar-refractivity contribution in [2.24, 2.45) is 0 Å². The summed E-state index contributed by atoms with van der Waals surface area (Å²) < 4.78 is 1.61. The van der Waals surface area contributed by atoms with Gasteiger partial charge in [0.05, 0.1) is 5.69 Å². The van der Waals surface area contributed by atoms with Gasteiger partial charge < -0.3 is 0 Å². The lowest BCUT2D eigenvalue weighted by molar-refractivity contribution is 0.789. The number of aromatic nitrogens is 8. The summed E-state index contributed by atoms with van der Waals surface area (Å²) in [7, 11) is 0. The van der Waals surface area contributed by atoms with Crippen molar-refractivity contribution in [1.82, 2.24) is 40.8 Å². The van der Waals surface area contributed by atoms with Crippen molar-refractivity contribution < 1.29 is 0 Å². The van der Waals surface area contributed by atoms with E-state index in [-0.39, 0.29) is 0 Å². The lowest BCUT2D eigenvalue weighted by atomic mass is 10.2. The van der Waals surface area contributed by atoms with E-state index in [1.165, 1.54) is 0 Å². The van der Waals surface area contributed by atoms with Gasteiger partial charge >= 0.3 is 0 Å². The molecule has 0 radical (unpaired) electrons. The summed E-state index contributed by atoms with van der Waals surface area (Å²) in [5, 5.41) is 24.3. The molecular formula is C14H12N8. The Balaban J connectivity index is 0.000000131. The molecule has 2 heterocycles. The maximum Gasteiger partial charge on any atom is 0.204 e. The first-order valence-electron chi connectivity index (χ1n) is 6.51. The Hall–Kier alpha value is -3.42. The molecule has 1 N–H and O–H groups in total. The van der Waals surface area contributed by atoms with Crippen molar-refractivity contribution in [2.75, 3.05) is 0 Å². The molecule has 0 aliphatic heterocycles. The minimum atomic E-state index is 0.630. The molecule has 0 saturated heterocycles. The highest BCUT2D eigenvalue weighted by Gasteiger charge is 1.98. The lowest BCUT2D eigenvalue weighted by Crippen LogP contribution is -1.93. The zero-order valence-corrected chi connectivity index (χ0v) is 11.5. The van der Waals surface area contributed by atoms with Gasteiger partial charge in [0, 0.05) is 5.56 Å². The largest absolute Gasteiger partial charge is 0.204 e. The zero-order valence-electron chi connectivity index (χ0n) is 11.5. The maximum atomic E-state index is 3.84. The van der Waals surface area contributed by atoms with Crippen LogP contribution in [0.1, 0.15) is 0 Å². The van der Waals surface area contributed by atoms with E-state index >= 15 is 0 Å². The first-order chi connectivity index (χ1) is 10.9. The number of tetrazole rings is 2. The monoisotopic (exact) mass is 292 g/mol. The number of hydrogen-bond acceptors (Lipinski definition) is 6. The molecule has 0 unspecified atom stereocenters. The number of para-hydroxylation sites is 1. The standard InChI is InChI=1S/2C7H6N4/c1-2-4-7(5-3-1)11-6-8-9-10-11;1-2-4-6(5-3-1)7-8-10-11-9-7/h1-6H;1-5H,(H,8,9,10,11). The molecule has 8 nitrogen and oxygen atoms in total. The molecule has 0 spiro atoms. The van der Waals surface area contributed by atoms with Gasteiger partial charge in [0.15, 0.2) is 0 Å². The van der Waals surface area contributed by atoms with E-state index in [2.05, 4.69) is 36.1 Å². The van der Waals surface area contributed by atoms with E-state index in [1.807, 2.05) is 60.7 Å². The van der Waals surface area contributed by atoms with Crippen molar-refractivity contribution >= 4 is 0 Å². The Labute approximate surface area is 125 Å². The van der Waals surface area contributed by atoms with Gasteiger partial charge in [0.25, 0.3) is 0 Å². The van der Waals surface area contributed by atoms with E-state index < -0.39 is 0 Å². The Bertz CT molecular complexity index is 697. The van der Waals surface area contributed by atoms with Crippen molar-refractivity contribution in [3.05, 3.63) is 67.0 Å². The van der Waals surface area contributed by atoms with Gasteiger partial charge in [-0.15, -0.1) is 15.3 Å². The Morgan fingerprint density at radius 2 is 1.59 bits per heavy atom. The van der Waals surface area contributed by atoms with Crippen LogP contribution in [0, 0.1) is 0 Å². The number of H-pyrrole nitrogens is 1. The fourth-order valence-corrected chi connectivity index (χ4v) is 1.73. The van der Waals surface area contributed by atoms with Gasteiger partial charge in [-0.1, -0.05) is 48.5 Å². The molecule has 0 atom stereocenters. The summed E-state index contributed by atoms with van der Waals surface area (Å²) in [6.45, 7) is 0.